The zero-order valence-electron chi connectivity index (χ0n) is 12.0. The first kappa shape index (κ1) is 14.8. The van der Waals surface area contributed by atoms with Crippen LogP contribution in [-0.2, 0) is 6.42 Å². The van der Waals surface area contributed by atoms with Crippen molar-refractivity contribution in [3.8, 4) is 0 Å². The van der Waals surface area contributed by atoms with Crippen molar-refractivity contribution >= 4 is 33.3 Å². The third kappa shape index (κ3) is 3.28. The Kier molecular flexibility index (Phi) is 4.60. The molecule has 5 heteroatoms. The van der Waals surface area contributed by atoms with E-state index < -0.39 is 0 Å². The molecule has 0 aliphatic rings. The van der Waals surface area contributed by atoms with E-state index in [2.05, 4.69) is 57.2 Å². The minimum Gasteiger partial charge on any atom is -0.383 e. The summed E-state index contributed by atoms with van der Waals surface area (Å²) in [5, 5.41) is 3.33. The molecule has 3 N–H and O–H groups in total. The minimum atomic E-state index is 0.536. The SMILES string of the molecule is CCCc1nc(N)c(C)c(Nc2ccc(C)cc2Br)n1. The molecule has 0 aliphatic carbocycles. The molecule has 0 bridgehead atoms. The molecule has 0 saturated heterocycles. The van der Waals surface area contributed by atoms with Crippen LogP contribution in [0.1, 0.15) is 30.3 Å². The first-order valence-corrected chi connectivity index (χ1v) is 7.46. The number of aromatic nitrogens is 2. The Balaban J connectivity index is 2.37. The van der Waals surface area contributed by atoms with Crippen molar-refractivity contribution in [2.24, 2.45) is 0 Å². The summed E-state index contributed by atoms with van der Waals surface area (Å²) in [7, 11) is 0. The fourth-order valence-corrected chi connectivity index (χ4v) is 2.48. The summed E-state index contributed by atoms with van der Waals surface area (Å²) < 4.78 is 1.01. The molecule has 0 fully saturated rings. The van der Waals surface area contributed by atoms with Gasteiger partial charge in [-0.2, -0.15) is 0 Å². The summed E-state index contributed by atoms with van der Waals surface area (Å²) in [6, 6.07) is 6.14. The molecule has 4 nitrogen and oxygen atoms in total. The number of nitrogen functional groups attached to an aromatic ring is 1. The molecule has 2 rings (SSSR count). The maximum Gasteiger partial charge on any atom is 0.139 e. The second-order valence-corrected chi connectivity index (χ2v) is 5.71. The van der Waals surface area contributed by atoms with Gasteiger partial charge in [-0.05, 0) is 53.9 Å². The highest BCUT2D eigenvalue weighted by molar-refractivity contribution is 9.10. The molecule has 1 aromatic carbocycles. The second-order valence-electron chi connectivity index (χ2n) is 4.86. The molecule has 0 spiro atoms. The standard InChI is InChI=1S/C15H19BrN4/c1-4-5-13-19-14(17)10(3)15(20-13)18-12-7-6-9(2)8-11(12)16/h6-8H,4-5H2,1-3H3,(H3,17,18,19,20). The van der Waals surface area contributed by atoms with Crippen molar-refractivity contribution < 1.29 is 0 Å². The lowest BCUT2D eigenvalue weighted by molar-refractivity contribution is 0.836. The van der Waals surface area contributed by atoms with Crippen LogP contribution in [0, 0.1) is 13.8 Å². The lowest BCUT2D eigenvalue weighted by Gasteiger charge is -2.13. The average molecular weight is 335 g/mol. The van der Waals surface area contributed by atoms with Gasteiger partial charge in [0.2, 0.25) is 0 Å². The Morgan fingerprint density at radius 1 is 1.25 bits per heavy atom. The Labute approximate surface area is 128 Å². The highest BCUT2D eigenvalue weighted by Gasteiger charge is 2.10. The third-order valence-electron chi connectivity index (χ3n) is 3.08. The van der Waals surface area contributed by atoms with Crippen LogP contribution in [0.15, 0.2) is 22.7 Å². The van der Waals surface area contributed by atoms with Gasteiger partial charge >= 0.3 is 0 Å². The van der Waals surface area contributed by atoms with Gasteiger partial charge in [-0.15, -0.1) is 0 Å². The maximum atomic E-state index is 5.96. The van der Waals surface area contributed by atoms with E-state index in [9.17, 15) is 0 Å². The second kappa shape index (κ2) is 6.22. The van der Waals surface area contributed by atoms with Gasteiger partial charge in [0.25, 0.3) is 0 Å². The Morgan fingerprint density at radius 2 is 2.00 bits per heavy atom. The van der Waals surface area contributed by atoms with E-state index in [0.29, 0.717) is 5.82 Å². The summed E-state index contributed by atoms with van der Waals surface area (Å²) in [5.74, 6) is 2.08. The predicted molar refractivity (Wildman–Crippen MR) is 87.3 cm³/mol. The van der Waals surface area contributed by atoms with Gasteiger partial charge in [-0.1, -0.05) is 13.0 Å². The van der Waals surface area contributed by atoms with Crippen LogP contribution in [0.4, 0.5) is 17.3 Å². The lowest BCUT2D eigenvalue weighted by atomic mass is 10.2. The first-order valence-electron chi connectivity index (χ1n) is 6.67. The lowest BCUT2D eigenvalue weighted by Crippen LogP contribution is -2.07. The van der Waals surface area contributed by atoms with E-state index in [4.69, 9.17) is 5.73 Å². The molecule has 0 radical (unpaired) electrons. The van der Waals surface area contributed by atoms with Gasteiger partial charge in [0.1, 0.15) is 17.5 Å². The molecule has 0 amide bonds. The van der Waals surface area contributed by atoms with Crippen molar-refractivity contribution in [1.82, 2.24) is 9.97 Å². The topological polar surface area (TPSA) is 63.8 Å². The zero-order valence-corrected chi connectivity index (χ0v) is 13.6. The van der Waals surface area contributed by atoms with E-state index >= 15 is 0 Å². The molecule has 0 unspecified atom stereocenters. The van der Waals surface area contributed by atoms with Crippen LogP contribution in [0.25, 0.3) is 0 Å². The van der Waals surface area contributed by atoms with E-state index in [0.717, 1.165) is 40.2 Å². The van der Waals surface area contributed by atoms with Crippen molar-refractivity contribution in [1.29, 1.82) is 0 Å². The van der Waals surface area contributed by atoms with Crippen LogP contribution in [-0.4, -0.2) is 9.97 Å². The number of halogens is 1. The molecule has 0 atom stereocenters. The molecule has 1 heterocycles. The number of benzene rings is 1. The zero-order chi connectivity index (χ0) is 14.7. The summed E-state index contributed by atoms with van der Waals surface area (Å²) >= 11 is 3.56. The summed E-state index contributed by atoms with van der Waals surface area (Å²) in [5.41, 5.74) is 9.01. The molecule has 20 heavy (non-hydrogen) atoms. The summed E-state index contributed by atoms with van der Waals surface area (Å²) in [6.07, 6.45) is 1.82. The van der Waals surface area contributed by atoms with Gasteiger partial charge in [0.05, 0.1) is 5.69 Å². The number of rotatable bonds is 4. The minimum absolute atomic E-state index is 0.536. The molecule has 0 aliphatic heterocycles. The summed E-state index contributed by atoms with van der Waals surface area (Å²) in [4.78, 5) is 8.87. The van der Waals surface area contributed by atoms with Crippen molar-refractivity contribution in [3.05, 3.63) is 39.6 Å². The van der Waals surface area contributed by atoms with E-state index in [-0.39, 0.29) is 0 Å². The predicted octanol–water partition coefficient (Wildman–Crippen LogP) is 4.13. The Morgan fingerprint density at radius 3 is 2.65 bits per heavy atom. The maximum absolute atomic E-state index is 5.96. The fraction of sp³-hybridized carbons (Fsp3) is 0.333. The van der Waals surface area contributed by atoms with Gasteiger partial charge in [0, 0.05) is 16.5 Å². The first-order chi connectivity index (χ1) is 9.51. The third-order valence-corrected chi connectivity index (χ3v) is 3.74. The van der Waals surface area contributed by atoms with Crippen LogP contribution in [0.2, 0.25) is 0 Å². The highest BCUT2D eigenvalue weighted by Crippen LogP contribution is 2.28. The van der Waals surface area contributed by atoms with Gasteiger partial charge in [0.15, 0.2) is 0 Å². The Hall–Kier alpha value is -1.62. The van der Waals surface area contributed by atoms with Crippen LogP contribution in [0.5, 0.6) is 0 Å². The molecule has 1 aromatic heterocycles. The molecule has 0 saturated carbocycles. The average Bonchev–Trinajstić information content (AvgIpc) is 2.39. The van der Waals surface area contributed by atoms with Crippen molar-refractivity contribution in [2.75, 3.05) is 11.1 Å². The number of nitrogens with one attached hydrogen (secondary N) is 1. The summed E-state index contributed by atoms with van der Waals surface area (Å²) in [6.45, 7) is 6.08. The molecular formula is C15H19BrN4. The van der Waals surface area contributed by atoms with Crippen molar-refractivity contribution in [3.63, 3.8) is 0 Å². The molecular weight excluding hydrogens is 316 g/mol. The monoisotopic (exact) mass is 334 g/mol. The van der Waals surface area contributed by atoms with E-state index in [1.54, 1.807) is 0 Å². The quantitative estimate of drug-likeness (QED) is 0.882. The van der Waals surface area contributed by atoms with Crippen molar-refractivity contribution in [2.45, 2.75) is 33.6 Å². The molecule has 2 aromatic rings. The largest absolute Gasteiger partial charge is 0.383 e. The van der Waals surface area contributed by atoms with E-state index in [1.165, 1.54) is 5.56 Å². The number of hydrogen-bond acceptors (Lipinski definition) is 4. The smallest absolute Gasteiger partial charge is 0.139 e. The highest BCUT2D eigenvalue weighted by atomic mass is 79.9. The fourth-order valence-electron chi connectivity index (χ4n) is 1.89. The number of anilines is 3. The number of hydrogen-bond donors (Lipinski definition) is 2. The molecule has 106 valence electrons. The van der Waals surface area contributed by atoms with Gasteiger partial charge in [-0.3, -0.25) is 0 Å². The number of nitrogens with two attached hydrogens (primary N) is 1. The van der Waals surface area contributed by atoms with Gasteiger partial charge in [-0.25, -0.2) is 9.97 Å². The van der Waals surface area contributed by atoms with Crippen LogP contribution >= 0.6 is 15.9 Å². The van der Waals surface area contributed by atoms with Crippen LogP contribution in [0.3, 0.4) is 0 Å². The number of nitrogens with zero attached hydrogens (tertiary/aromatic N) is 2. The Bertz CT molecular complexity index is 626. The van der Waals surface area contributed by atoms with E-state index in [1.807, 2.05) is 13.0 Å². The van der Waals surface area contributed by atoms with Gasteiger partial charge < -0.3 is 11.1 Å². The number of aryl methyl sites for hydroxylation is 2. The van der Waals surface area contributed by atoms with Crippen LogP contribution < -0.4 is 11.1 Å². The normalized spacial score (nSPS) is 10.6.